The summed E-state index contributed by atoms with van der Waals surface area (Å²) in [7, 11) is 0. The van der Waals surface area contributed by atoms with Gasteiger partial charge >= 0.3 is 103 Å². The van der Waals surface area contributed by atoms with Gasteiger partial charge in [-0.1, -0.05) is 39.0 Å². The zero-order valence-corrected chi connectivity index (χ0v) is 20.5. The molecule has 0 bridgehead atoms. The van der Waals surface area contributed by atoms with Crippen LogP contribution in [0.15, 0.2) is 18.2 Å². The number of rotatable bonds is 10. The van der Waals surface area contributed by atoms with Crippen LogP contribution in [0.25, 0.3) is 0 Å². The third kappa shape index (κ3) is 11.5. The molecule has 0 atom stereocenters. The third-order valence-electron chi connectivity index (χ3n) is 3.14. The van der Waals surface area contributed by atoms with Crippen molar-refractivity contribution in [3.8, 4) is 5.75 Å². The zero-order valence-electron chi connectivity index (χ0n) is 14.2. The molecule has 0 saturated heterocycles. The molecule has 23 heavy (non-hydrogen) atoms. The molecule has 0 amide bonds. The van der Waals surface area contributed by atoms with Gasteiger partial charge < -0.3 is 24.5 Å². The molecule has 0 fully saturated rings. The van der Waals surface area contributed by atoms with Crippen molar-refractivity contribution in [2.24, 2.45) is 0 Å². The first kappa shape index (κ1) is 26.5. The number of carbonyl (C=O) groups is 2. The maximum atomic E-state index is 10.8. The summed E-state index contributed by atoms with van der Waals surface area (Å²) in [5, 5.41) is 21.6. The van der Waals surface area contributed by atoms with E-state index in [2.05, 4.69) is 6.92 Å². The summed E-state index contributed by atoms with van der Waals surface area (Å²) < 4.78 is 5.41. The van der Waals surface area contributed by atoms with E-state index < -0.39 is 11.9 Å². The van der Waals surface area contributed by atoms with Crippen LogP contribution < -0.4 is 118 Å². The van der Waals surface area contributed by atoms with Crippen LogP contribution in [0.4, 0.5) is 0 Å². The Balaban J connectivity index is 0. The van der Waals surface area contributed by atoms with E-state index in [1.807, 2.05) is 0 Å². The van der Waals surface area contributed by atoms with Gasteiger partial charge in [0.1, 0.15) is 5.75 Å². The molecule has 1 rings (SSSR count). The molecule has 116 valence electrons. The Bertz CT molecular complexity index is 459. The van der Waals surface area contributed by atoms with Crippen molar-refractivity contribution in [3.63, 3.8) is 0 Å². The van der Waals surface area contributed by atoms with Crippen molar-refractivity contribution in [1.29, 1.82) is 0 Å². The molecule has 0 spiro atoms. The van der Waals surface area contributed by atoms with Gasteiger partial charge in [-0.3, -0.25) is 0 Å². The molecule has 0 radical (unpaired) electrons. The quantitative estimate of drug-likeness (QED) is 0.304. The minimum atomic E-state index is -1.44. The summed E-state index contributed by atoms with van der Waals surface area (Å²) in [6.45, 7) is 2.58. The summed E-state index contributed by atoms with van der Waals surface area (Å²) in [4.78, 5) is 21.6. The Morgan fingerprint density at radius 1 is 0.870 bits per heavy atom. The first-order chi connectivity index (χ1) is 10.0. The molecule has 0 aliphatic heterocycles. The van der Waals surface area contributed by atoms with Gasteiger partial charge in [0.25, 0.3) is 0 Å². The first-order valence-corrected chi connectivity index (χ1v) is 7.25. The van der Waals surface area contributed by atoms with E-state index in [0.717, 1.165) is 25.3 Å². The smallest absolute Gasteiger partial charge is 0.545 e. The molecule has 0 unspecified atom stereocenters. The summed E-state index contributed by atoms with van der Waals surface area (Å²) in [6, 6.07) is 3.53. The Kier molecular flexibility index (Phi) is 17.8. The number of carboxylic acids is 2. The van der Waals surface area contributed by atoms with Crippen molar-refractivity contribution in [2.75, 3.05) is 6.61 Å². The molecule has 0 heterocycles. The average molecular weight is 371 g/mol. The van der Waals surface area contributed by atoms with Crippen LogP contribution in [0.3, 0.4) is 0 Å². The van der Waals surface area contributed by atoms with Crippen LogP contribution in [0.1, 0.15) is 66.2 Å². The van der Waals surface area contributed by atoms with Crippen LogP contribution in [0, 0.1) is 0 Å². The second-order valence-electron chi connectivity index (χ2n) is 4.94. The van der Waals surface area contributed by atoms with Gasteiger partial charge in [0.05, 0.1) is 18.5 Å². The molecular formula is C16H20K2O5. The van der Waals surface area contributed by atoms with Crippen LogP contribution in [-0.2, 0) is 0 Å². The summed E-state index contributed by atoms with van der Waals surface area (Å²) in [6.07, 6.45) is 6.64. The van der Waals surface area contributed by atoms with E-state index in [-0.39, 0.29) is 120 Å². The minimum absolute atomic E-state index is 0. The fourth-order valence-corrected chi connectivity index (χ4v) is 1.99. The van der Waals surface area contributed by atoms with Gasteiger partial charge in [-0.15, -0.1) is 0 Å². The van der Waals surface area contributed by atoms with Gasteiger partial charge in [0, 0.05) is 11.1 Å². The van der Waals surface area contributed by atoms with Crippen LogP contribution in [-0.4, -0.2) is 18.5 Å². The van der Waals surface area contributed by atoms with Crippen LogP contribution in [0.5, 0.6) is 5.75 Å². The zero-order chi connectivity index (χ0) is 15.7. The molecule has 1 aromatic carbocycles. The number of benzene rings is 1. The number of hydrogen-bond donors (Lipinski definition) is 0. The van der Waals surface area contributed by atoms with Gasteiger partial charge in [0.2, 0.25) is 0 Å². The number of carbonyl (C=O) groups excluding carboxylic acids is 2. The molecule has 7 heteroatoms. The average Bonchev–Trinajstić information content (AvgIpc) is 2.46. The van der Waals surface area contributed by atoms with Crippen LogP contribution >= 0.6 is 0 Å². The van der Waals surface area contributed by atoms with Crippen molar-refractivity contribution in [2.45, 2.75) is 45.4 Å². The normalized spacial score (nSPS) is 9.43. The molecular weight excluding hydrogens is 350 g/mol. The fraction of sp³-hybridized carbons (Fsp3) is 0.500. The van der Waals surface area contributed by atoms with E-state index in [4.69, 9.17) is 4.74 Å². The van der Waals surface area contributed by atoms with Gasteiger partial charge in [0.15, 0.2) is 0 Å². The standard InChI is InChI=1S/C16H22O5.2K/c1-2-3-4-5-6-7-8-21-14-10-12(15(17)18)9-13(11-14)16(19)20;;/h9-11H,2-8H2,1H3,(H,17,18)(H,19,20);;/q;2*+1/p-2. The predicted molar refractivity (Wildman–Crippen MR) is 74.0 cm³/mol. The number of unbranched alkanes of at least 4 members (excludes halogenated alkanes) is 5. The molecule has 0 aliphatic carbocycles. The molecule has 0 N–H and O–H groups in total. The minimum Gasteiger partial charge on any atom is -0.545 e. The monoisotopic (exact) mass is 370 g/mol. The molecule has 1 aromatic rings. The van der Waals surface area contributed by atoms with Crippen LogP contribution in [0.2, 0.25) is 0 Å². The second kappa shape index (κ2) is 15.5. The maximum absolute atomic E-state index is 10.8. The largest absolute Gasteiger partial charge is 1.00 e. The maximum Gasteiger partial charge on any atom is 1.00 e. The summed E-state index contributed by atoms with van der Waals surface area (Å²) >= 11 is 0. The van der Waals surface area contributed by atoms with Crippen molar-refractivity contribution in [3.05, 3.63) is 29.3 Å². The number of aromatic carboxylic acids is 2. The van der Waals surface area contributed by atoms with E-state index in [9.17, 15) is 19.8 Å². The van der Waals surface area contributed by atoms with E-state index in [1.165, 1.54) is 31.4 Å². The van der Waals surface area contributed by atoms with E-state index >= 15 is 0 Å². The Morgan fingerprint density at radius 2 is 1.35 bits per heavy atom. The first-order valence-electron chi connectivity index (χ1n) is 7.25. The number of carboxylic acid groups (broad SMARTS) is 2. The Hall–Kier alpha value is 1.23. The van der Waals surface area contributed by atoms with Gasteiger partial charge in [-0.25, -0.2) is 0 Å². The topological polar surface area (TPSA) is 89.5 Å². The van der Waals surface area contributed by atoms with Crippen molar-refractivity contribution >= 4 is 11.9 Å². The van der Waals surface area contributed by atoms with E-state index in [1.54, 1.807) is 0 Å². The Labute approximate surface area is 222 Å². The molecule has 0 aliphatic rings. The third-order valence-corrected chi connectivity index (χ3v) is 3.14. The van der Waals surface area contributed by atoms with Gasteiger partial charge in [-0.2, -0.15) is 0 Å². The fourth-order valence-electron chi connectivity index (χ4n) is 1.99. The summed E-state index contributed by atoms with van der Waals surface area (Å²) in [5.41, 5.74) is -0.454. The second-order valence-corrected chi connectivity index (χ2v) is 4.94. The van der Waals surface area contributed by atoms with E-state index in [0.29, 0.717) is 6.61 Å². The van der Waals surface area contributed by atoms with Gasteiger partial charge in [-0.05, 0) is 24.6 Å². The molecule has 5 nitrogen and oxygen atoms in total. The predicted octanol–water partition coefficient (Wildman–Crippen LogP) is -4.84. The molecule has 0 saturated carbocycles. The van der Waals surface area contributed by atoms with Crippen molar-refractivity contribution in [1.82, 2.24) is 0 Å². The number of hydrogen-bond acceptors (Lipinski definition) is 5. The molecule has 0 aromatic heterocycles. The summed E-state index contributed by atoms with van der Waals surface area (Å²) in [5.74, 6) is -2.67. The SMILES string of the molecule is CCCCCCCCOc1cc(C(=O)[O-])cc(C(=O)[O-])c1.[K+].[K+]. The Morgan fingerprint density at radius 3 is 1.83 bits per heavy atom. The van der Waals surface area contributed by atoms with Crippen molar-refractivity contribution < 1.29 is 127 Å². The number of ether oxygens (including phenoxy) is 1.